The number of alkyl halides is 3. The normalized spacial score (nSPS) is 15.0. The number of aryl methyl sites for hydroxylation is 1. The first-order chi connectivity index (χ1) is 18.2. The fourth-order valence-electron chi connectivity index (χ4n) is 4.88. The number of likely N-dealkylation sites (tertiary alicyclic amines) is 1. The minimum absolute atomic E-state index is 0.278. The minimum atomic E-state index is -4.39. The van der Waals surface area contributed by atoms with E-state index in [0.717, 1.165) is 63.2 Å². The zero-order valence-corrected chi connectivity index (χ0v) is 21.9. The fourth-order valence-corrected chi connectivity index (χ4v) is 4.88. The number of rotatable bonds is 10. The van der Waals surface area contributed by atoms with E-state index in [0.29, 0.717) is 30.5 Å². The molecule has 1 saturated heterocycles. The monoisotopic (exact) mass is 528 g/mol. The van der Waals surface area contributed by atoms with Gasteiger partial charge in [0.2, 0.25) is 0 Å². The Morgan fingerprint density at radius 3 is 2.55 bits per heavy atom. The van der Waals surface area contributed by atoms with E-state index >= 15 is 0 Å². The van der Waals surface area contributed by atoms with Crippen molar-refractivity contribution in [3.63, 3.8) is 0 Å². The van der Waals surface area contributed by atoms with E-state index in [1.807, 2.05) is 6.92 Å². The standard InChI is InChI=1S/C29H35F3N4O2/c1-3-38-26-18-20(2)6-11-24(26)21-12-16-36(17-13-21)15-5-4-14-33-28(37)25-19-34-27(35-25)22-7-9-23(10-8-22)29(30,31)32/h6-11,18-19,21H,3-5,12-17H2,1-2H3,(H,33,37)(H,34,35). The molecular formula is C29H35F3N4O2. The second-order valence-electron chi connectivity index (χ2n) is 9.77. The van der Waals surface area contributed by atoms with E-state index in [1.54, 1.807) is 0 Å². The summed E-state index contributed by atoms with van der Waals surface area (Å²) in [5.74, 6) is 1.62. The topological polar surface area (TPSA) is 70.2 Å². The van der Waals surface area contributed by atoms with Crippen LogP contribution in [0.4, 0.5) is 13.2 Å². The summed E-state index contributed by atoms with van der Waals surface area (Å²) >= 11 is 0. The maximum Gasteiger partial charge on any atom is 0.416 e. The van der Waals surface area contributed by atoms with Crippen LogP contribution < -0.4 is 10.1 Å². The highest BCUT2D eigenvalue weighted by Gasteiger charge is 2.30. The van der Waals surface area contributed by atoms with E-state index in [9.17, 15) is 18.0 Å². The van der Waals surface area contributed by atoms with Gasteiger partial charge in [0.15, 0.2) is 0 Å². The number of nitrogens with zero attached hydrogens (tertiary/aromatic N) is 2. The molecule has 2 N–H and O–H groups in total. The zero-order valence-electron chi connectivity index (χ0n) is 21.9. The Morgan fingerprint density at radius 2 is 1.87 bits per heavy atom. The van der Waals surface area contributed by atoms with Gasteiger partial charge in [-0.3, -0.25) is 4.79 Å². The Hall–Kier alpha value is -3.33. The third-order valence-electron chi connectivity index (χ3n) is 6.99. The highest BCUT2D eigenvalue weighted by atomic mass is 19.4. The summed E-state index contributed by atoms with van der Waals surface area (Å²) in [6, 6.07) is 11.2. The molecule has 4 rings (SSSR count). The van der Waals surface area contributed by atoms with Crippen LogP contribution in [0.5, 0.6) is 5.75 Å². The molecule has 1 aliphatic rings. The minimum Gasteiger partial charge on any atom is -0.494 e. The summed E-state index contributed by atoms with van der Waals surface area (Å²) in [4.78, 5) is 22.0. The molecule has 2 aromatic carbocycles. The fraction of sp³-hybridized carbons (Fsp3) is 0.448. The number of unbranched alkanes of at least 4 members (excludes halogenated alkanes) is 1. The molecule has 38 heavy (non-hydrogen) atoms. The van der Waals surface area contributed by atoms with Gasteiger partial charge in [0.25, 0.3) is 5.91 Å². The van der Waals surface area contributed by atoms with Crippen molar-refractivity contribution in [2.45, 2.75) is 51.6 Å². The van der Waals surface area contributed by atoms with Crippen molar-refractivity contribution < 1.29 is 22.7 Å². The highest BCUT2D eigenvalue weighted by molar-refractivity contribution is 5.92. The van der Waals surface area contributed by atoms with Crippen molar-refractivity contribution in [1.82, 2.24) is 20.2 Å². The molecule has 1 fully saturated rings. The molecule has 1 aromatic heterocycles. The molecule has 0 radical (unpaired) electrons. The van der Waals surface area contributed by atoms with Gasteiger partial charge in [0.05, 0.1) is 18.4 Å². The lowest BCUT2D eigenvalue weighted by molar-refractivity contribution is -0.137. The number of aromatic amines is 1. The number of halogens is 3. The predicted molar refractivity (Wildman–Crippen MR) is 141 cm³/mol. The van der Waals surface area contributed by atoms with Crippen LogP contribution in [0.2, 0.25) is 0 Å². The molecule has 0 saturated carbocycles. The second-order valence-corrected chi connectivity index (χ2v) is 9.77. The van der Waals surface area contributed by atoms with Gasteiger partial charge in [0.1, 0.15) is 17.3 Å². The number of hydrogen-bond donors (Lipinski definition) is 2. The first-order valence-corrected chi connectivity index (χ1v) is 13.2. The van der Waals surface area contributed by atoms with Gasteiger partial charge in [-0.1, -0.05) is 24.3 Å². The molecule has 2 heterocycles. The molecule has 1 aliphatic heterocycles. The SMILES string of the molecule is CCOc1cc(C)ccc1C1CCN(CCCCNC(=O)c2cnc(-c3ccc(C(F)(F)F)cc3)[nH]2)CC1. The van der Waals surface area contributed by atoms with Gasteiger partial charge in [-0.2, -0.15) is 13.2 Å². The van der Waals surface area contributed by atoms with Crippen molar-refractivity contribution in [3.05, 3.63) is 71.0 Å². The van der Waals surface area contributed by atoms with Gasteiger partial charge in [-0.05, 0) is 94.4 Å². The Kier molecular flexibility index (Phi) is 9.09. The zero-order chi connectivity index (χ0) is 27.1. The van der Waals surface area contributed by atoms with E-state index in [-0.39, 0.29) is 11.6 Å². The van der Waals surface area contributed by atoms with Crippen molar-refractivity contribution in [2.24, 2.45) is 0 Å². The van der Waals surface area contributed by atoms with E-state index < -0.39 is 11.7 Å². The molecule has 0 bridgehead atoms. The van der Waals surface area contributed by atoms with Gasteiger partial charge in [-0.15, -0.1) is 0 Å². The number of imidazole rings is 1. The number of nitrogens with one attached hydrogen (secondary N) is 2. The van der Waals surface area contributed by atoms with E-state index in [1.165, 1.54) is 29.5 Å². The summed E-state index contributed by atoms with van der Waals surface area (Å²) in [5, 5.41) is 2.89. The van der Waals surface area contributed by atoms with E-state index in [4.69, 9.17) is 4.74 Å². The largest absolute Gasteiger partial charge is 0.494 e. The average molecular weight is 529 g/mol. The van der Waals surface area contributed by atoms with Crippen LogP contribution in [0.1, 0.15) is 65.7 Å². The molecule has 1 amide bonds. The van der Waals surface area contributed by atoms with Crippen LogP contribution >= 0.6 is 0 Å². The first kappa shape index (κ1) is 27.7. The molecule has 0 unspecified atom stereocenters. The second kappa shape index (κ2) is 12.5. The number of hydrogen-bond acceptors (Lipinski definition) is 4. The lowest BCUT2D eigenvalue weighted by atomic mass is 9.88. The number of H-pyrrole nitrogens is 1. The molecule has 0 atom stereocenters. The van der Waals surface area contributed by atoms with Crippen LogP contribution in [0.25, 0.3) is 11.4 Å². The van der Waals surface area contributed by atoms with Gasteiger partial charge in [0, 0.05) is 12.1 Å². The van der Waals surface area contributed by atoms with Gasteiger partial charge < -0.3 is 19.9 Å². The first-order valence-electron chi connectivity index (χ1n) is 13.2. The van der Waals surface area contributed by atoms with Crippen molar-refractivity contribution >= 4 is 5.91 Å². The van der Waals surface area contributed by atoms with Crippen molar-refractivity contribution in [2.75, 3.05) is 32.8 Å². The van der Waals surface area contributed by atoms with Crippen LogP contribution in [-0.2, 0) is 6.18 Å². The number of carbonyl (C=O) groups excluding carboxylic acids is 1. The molecule has 3 aromatic rings. The van der Waals surface area contributed by atoms with Crippen LogP contribution in [0.3, 0.4) is 0 Å². The van der Waals surface area contributed by atoms with Gasteiger partial charge in [-0.25, -0.2) is 4.98 Å². The van der Waals surface area contributed by atoms with Gasteiger partial charge >= 0.3 is 6.18 Å². The third kappa shape index (κ3) is 7.16. The smallest absolute Gasteiger partial charge is 0.416 e. The Bertz CT molecular complexity index is 1200. The number of aromatic nitrogens is 2. The van der Waals surface area contributed by atoms with Crippen molar-refractivity contribution in [1.29, 1.82) is 0 Å². The Morgan fingerprint density at radius 1 is 1.13 bits per heavy atom. The summed E-state index contributed by atoms with van der Waals surface area (Å²) in [6.07, 6.45) is 1.08. The number of benzene rings is 2. The molecule has 0 aliphatic carbocycles. The lowest BCUT2D eigenvalue weighted by Crippen LogP contribution is -2.34. The highest BCUT2D eigenvalue weighted by Crippen LogP contribution is 2.35. The molecular weight excluding hydrogens is 493 g/mol. The lowest BCUT2D eigenvalue weighted by Gasteiger charge is -2.33. The summed E-state index contributed by atoms with van der Waals surface area (Å²) in [7, 11) is 0. The molecule has 0 spiro atoms. The summed E-state index contributed by atoms with van der Waals surface area (Å²) in [5.41, 5.74) is 2.58. The average Bonchev–Trinajstić information content (AvgIpc) is 3.39. The van der Waals surface area contributed by atoms with Crippen LogP contribution in [0.15, 0.2) is 48.7 Å². The molecule has 6 nitrogen and oxygen atoms in total. The number of amides is 1. The quantitative estimate of drug-likeness (QED) is 0.308. The summed E-state index contributed by atoms with van der Waals surface area (Å²) in [6.45, 7) is 8.43. The maximum absolute atomic E-state index is 12.8. The van der Waals surface area contributed by atoms with E-state index in [2.05, 4.69) is 45.3 Å². The third-order valence-corrected chi connectivity index (χ3v) is 6.99. The Labute approximate surface area is 221 Å². The molecule has 9 heteroatoms. The Balaban J connectivity index is 1.16. The van der Waals surface area contributed by atoms with Crippen molar-refractivity contribution in [3.8, 4) is 17.1 Å². The number of piperidine rings is 1. The van der Waals surface area contributed by atoms with Crippen LogP contribution in [-0.4, -0.2) is 53.6 Å². The number of carbonyl (C=O) groups is 1. The predicted octanol–water partition coefficient (Wildman–Crippen LogP) is 6.19. The maximum atomic E-state index is 12.8. The molecule has 204 valence electrons. The number of ether oxygens (including phenoxy) is 1. The summed E-state index contributed by atoms with van der Waals surface area (Å²) < 4.78 is 44.2. The van der Waals surface area contributed by atoms with Crippen LogP contribution in [0, 0.1) is 6.92 Å².